The van der Waals surface area contributed by atoms with Crippen molar-refractivity contribution in [1.82, 2.24) is 5.32 Å². The summed E-state index contributed by atoms with van der Waals surface area (Å²) < 4.78 is 32.7. The van der Waals surface area contributed by atoms with E-state index < -0.39 is 23.8 Å². The highest BCUT2D eigenvalue weighted by Crippen LogP contribution is 2.15. The maximum atomic E-state index is 12.7. The molecule has 0 atom stereocenters. The first-order chi connectivity index (χ1) is 30.6. The van der Waals surface area contributed by atoms with E-state index in [2.05, 4.69) is 33.0 Å². The van der Waals surface area contributed by atoms with Crippen LogP contribution < -0.4 is 5.32 Å². The Hall–Kier alpha value is -3.22. The van der Waals surface area contributed by atoms with Crippen molar-refractivity contribution in [2.24, 2.45) is 11.8 Å². The zero-order chi connectivity index (χ0) is 46.4. The molecule has 0 bridgehead atoms. The van der Waals surface area contributed by atoms with Crippen LogP contribution in [-0.4, -0.2) is 88.5 Å². The molecule has 0 saturated heterocycles. The van der Waals surface area contributed by atoms with Crippen LogP contribution in [0.2, 0.25) is 0 Å². The van der Waals surface area contributed by atoms with Gasteiger partial charge in [-0.3, -0.25) is 28.8 Å². The summed E-state index contributed by atoms with van der Waals surface area (Å²) in [7, 11) is 0. The van der Waals surface area contributed by atoms with Gasteiger partial charge in [-0.15, -0.1) is 0 Å². The molecular formula is C50H91NO12. The summed E-state index contributed by atoms with van der Waals surface area (Å²) in [5.41, 5.74) is 0. The molecule has 0 fully saturated rings. The molecule has 0 aliphatic heterocycles. The van der Waals surface area contributed by atoms with Crippen molar-refractivity contribution in [1.29, 1.82) is 0 Å². The highest BCUT2D eigenvalue weighted by Gasteiger charge is 2.21. The van der Waals surface area contributed by atoms with Crippen LogP contribution in [0.1, 0.15) is 220 Å². The van der Waals surface area contributed by atoms with Crippen LogP contribution in [0.25, 0.3) is 0 Å². The van der Waals surface area contributed by atoms with E-state index in [9.17, 15) is 28.8 Å². The van der Waals surface area contributed by atoms with Crippen LogP contribution in [0.15, 0.2) is 0 Å². The van der Waals surface area contributed by atoms with Crippen molar-refractivity contribution in [3.63, 3.8) is 0 Å². The molecule has 0 unspecified atom stereocenters. The van der Waals surface area contributed by atoms with Gasteiger partial charge >= 0.3 is 35.8 Å². The number of ether oxygens (including phenoxy) is 6. The van der Waals surface area contributed by atoms with Gasteiger partial charge in [0, 0.05) is 50.6 Å². The van der Waals surface area contributed by atoms with Crippen LogP contribution in [-0.2, 0) is 57.2 Å². The monoisotopic (exact) mass is 898 g/mol. The first-order valence-electron chi connectivity index (χ1n) is 25.3. The lowest BCUT2D eigenvalue weighted by atomic mass is 10.1. The highest BCUT2D eigenvalue weighted by molar-refractivity contribution is 5.72. The second-order valence-electron chi connectivity index (χ2n) is 17.1. The number of hydrogen-bond donors (Lipinski definition) is 1. The van der Waals surface area contributed by atoms with Crippen LogP contribution in [0.5, 0.6) is 0 Å². The first kappa shape index (κ1) is 59.8. The predicted octanol–water partition coefficient (Wildman–Crippen LogP) is 10.9. The molecule has 1 N–H and O–H groups in total. The van der Waals surface area contributed by atoms with Gasteiger partial charge in [-0.2, -0.15) is 0 Å². The Morgan fingerprint density at radius 3 is 0.810 bits per heavy atom. The fourth-order valence-electron chi connectivity index (χ4n) is 6.85. The molecule has 63 heavy (non-hydrogen) atoms. The van der Waals surface area contributed by atoms with E-state index in [1.807, 2.05) is 0 Å². The Labute approximate surface area is 382 Å². The lowest BCUT2D eigenvalue weighted by molar-refractivity contribution is -0.154. The summed E-state index contributed by atoms with van der Waals surface area (Å²) in [5, 5.41) is 3.07. The van der Waals surface area contributed by atoms with E-state index in [0.29, 0.717) is 38.8 Å². The van der Waals surface area contributed by atoms with Crippen molar-refractivity contribution in [2.45, 2.75) is 220 Å². The van der Waals surface area contributed by atoms with Crippen molar-refractivity contribution in [3.05, 3.63) is 0 Å². The summed E-state index contributed by atoms with van der Waals surface area (Å²) >= 11 is 0. The molecule has 0 rings (SSSR count). The molecule has 0 saturated carbocycles. The molecule has 0 spiro atoms. The Bertz CT molecular complexity index is 998. The van der Waals surface area contributed by atoms with Gasteiger partial charge in [0.1, 0.15) is 13.2 Å². The number of rotatable bonds is 46. The van der Waals surface area contributed by atoms with E-state index in [-0.39, 0.29) is 76.4 Å². The number of esters is 6. The van der Waals surface area contributed by atoms with Gasteiger partial charge in [-0.25, -0.2) is 0 Å². The minimum Gasteiger partial charge on any atom is -0.465 e. The molecule has 0 aromatic carbocycles. The Morgan fingerprint density at radius 2 is 0.556 bits per heavy atom. The molecule has 13 heteroatoms. The van der Waals surface area contributed by atoms with Crippen molar-refractivity contribution < 1.29 is 57.2 Å². The molecule has 0 aliphatic rings. The van der Waals surface area contributed by atoms with Gasteiger partial charge in [0.05, 0.1) is 39.3 Å². The fourth-order valence-corrected chi connectivity index (χ4v) is 6.85. The van der Waals surface area contributed by atoms with Gasteiger partial charge in [0.15, 0.2) is 0 Å². The molecule has 0 aliphatic carbocycles. The Morgan fingerprint density at radius 1 is 0.317 bits per heavy atom. The average molecular weight is 898 g/mol. The molecule has 0 radical (unpaired) electrons. The average Bonchev–Trinajstić information content (AvgIpc) is 3.27. The minimum atomic E-state index is -0.525. The van der Waals surface area contributed by atoms with Gasteiger partial charge in [0.2, 0.25) is 0 Å². The van der Waals surface area contributed by atoms with Gasteiger partial charge in [-0.05, 0) is 25.7 Å². The van der Waals surface area contributed by atoms with Crippen LogP contribution in [0.3, 0.4) is 0 Å². The zero-order valence-electron chi connectivity index (χ0n) is 40.4. The molecule has 0 aromatic rings. The third-order valence-corrected chi connectivity index (χ3v) is 10.9. The van der Waals surface area contributed by atoms with Gasteiger partial charge in [0.25, 0.3) is 0 Å². The maximum absolute atomic E-state index is 12.7. The standard InChI is InChI=1S/C50H91NO12/c1-5-9-13-17-21-25-29-45(52)60-39-43(40-61-46(53)30-26-22-18-14-10-6-2)37-49(56)58-35-33-51-34-36-59-50(57)38-44(41-62-47(54)31-27-23-19-15-11-7-3)42-63-48(55)32-28-24-20-16-12-8-4/h43-44,51H,5-42H2,1-4H3. The van der Waals surface area contributed by atoms with Crippen molar-refractivity contribution >= 4 is 35.8 Å². The normalized spacial score (nSPS) is 11.1. The highest BCUT2D eigenvalue weighted by atomic mass is 16.6. The fraction of sp³-hybridized carbons (Fsp3) is 0.880. The number of nitrogens with one attached hydrogen (secondary N) is 1. The summed E-state index contributed by atoms with van der Waals surface area (Å²) in [6.07, 6.45) is 26.3. The van der Waals surface area contributed by atoms with Crippen molar-refractivity contribution in [3.8, 4) is 0 Å². The molecule has 0 aromatic heterocycles. The SMILES string of the molecule is CCCCCCCCC(=O)OCC(COC(=O)CCCCCCCC)CC(=O)OCCNCCOC(=O)CC(COC(=O)CCCCCCCC)COC(=O)CCCCCCCC. The Kier molecular flexibility index (Phi) is 43.0. The quantitative estimate of drug-likeness (QED) is 0.0348. The second kappa shape index (κ2) is 45.4. The third kappa shape index (κ3) is 42.5. The number of carbonyl (C=O) groups is 6. The molecule has 13 nitrogen and oxygen atoms in total. The molecular weight excluding hydrogens is 807 g/mol. The van der Waals surface area contributed by atoms with E-state index >= 15 is 0 Å². The third-order valence-electron chi connectivity index (χ3n) is 10.9. The number of unbranched alkanes of at least 4 members (excludes halogenated alkanes) is 20. The van der Waals surface area contributed by atoms with Crippen LogP contribution >= 0.6 is 0 Å². The van der Waals surface area contributed by atoms with E-state index in [4.69, 9.17) is 28.4 Å². The van der Waals surface area contributed by atoms with E-state index in [0.717, 1.165) is 128 Å². The largest absolute Gasteiger partial charge is 0.465 e. The molecule has 368 valence electrons. The van der Waals surface area contributed by atoms with Crippen LogP contribution in [0, 0.1) is 11.8 Å². The minimum absolute atomic E-state index is 0.0399. The zero-order valence-corrected chi connectivity index (χ0v) is 40.4. The van der Waals surface area contributed by atoms with Crippen molar-refractivity contribution in [2.75, 3.05) is 52.7 Å². The summed E-state index contributed by atoms with van der Waals surface area (Å²) in [4.78, 5) is 75.1. The lowest BCUT2D eigenvalue weighted by Gasteiger charge is -2.17. The summed E-state index contributed by atoms with van der Waals surface area (Å²) in [6.45, 7) is 9.22. The topological polar surface area (TPSA) is 170 Å². The first-order valence-corrected chi connectivity index (χ1v) is 25.3. The van der Waals surface area contributed by atoms with E-state index in [1.54, 1.807) is 0 Å². The van der Waals surface area contributed by atoms with Gasteiger partial charge < -0.3 is 33.7 Å². The smallest absolute Gasteiger partial charge is 0.306 e. The van der Waals surface area contributed by atoms with Crippen LogP contribution in [0.4, 0.5) is 0 Å². The number of hydrogen-bond acceptors (Lipinski definition) is 13. The molecule has 0 amide bonds. The second-order valence-corrected chi connectivity index (χ2v) is 17.1. The maximum Gasteiger partial charge on any atom is 0.306 e. The summed E-state index contributed by atoms with van der Waals surface area (Å²) in [6, 6.07) is 0. The lowest BCUT2D eigenvalue weighted by Crippen LogP contribution is -2.28. The predicted molar refractivity (Wildman–Crippen MR) is 247 cm³/mol. The Balaban J connectivity index is 4.77. The molecule has 0 heterocycles. The number of carbonyl (C=O) groups excluding carboxylic acids is 6. The summed E-state index contributed by atoms with van der Waals surface area (Å²) in [5.74, 6) is -3.36. The van der Waals surface area contributed by atoms with E-state index in [1.165, 1.54) is 25.7 Å². The van der Waals surface area contributed by atoms with Gasteiger partial charge in [-0.1, -0.05) is 156 Å².